The monoisotopic (exact) mass is 175 g/mol. The summed E-state index contributed by atoms with van der Waals surface area (Å²) < 4.78 is 0. The topological polar surface area (TPSA) is 12.0 Å². The number of hydrogen-bond donors (Lipinski definition) is 1. The molecule has 1 aliphatic heterocycles. The maximum Gasteiger partial charge on any atom is 0.00434 e. The average Bonchev–Trinajstić information content (AvgIpc) is 2.26. The molecule has 70 valence electrons. The van der Waals surface area contributed by atoms with E-state index in [4.69, 9.17) is 0 Å². The third-order valence-corrected chi connectivity index (χ3v) is 2.88. The van der Waals surface area contributed by atoms with Gasteiger partial charge in [0.1, 0.15) is 0 Å². The lowest BCUT2D eigenvalue weighted by atomic mass is 9.82. The molecule has 0 fully saturated rings. The van der Waals surface area contributed by atoms with Gasteiger partial charge in [-0.1, -0.05) is 38.1 Å². The lowest BCUT2D eigenvalue weighted by molar-refractivity contribution is 0.488. The Labute approximate surface area is 80.2 Å². The van der Waals surface area contributed by atoms with E-state index in [9.17, 15) is 0 Å². The third-order valence-electron chi connectivity index (χ3n) is 2.88. The fraction of sp³-hybridized carbons (Fsp3) is 0.500. The summed E-state index contributed by atoms with van der Waals surface area (Å²) in [7, 11) is 0. The van der Waals surface area contributed by atoms with Crippen molar-refractivity contribution in [1.82, 2.24) is 5.32 Å². The van der Waals surface area contributed by atoms with Crippen molar-refractivity contribution < 1.29 is 0 Å². The smallest absolute Gasteiger partial charge is 0.00434 e. The molecule has 2 rings (SSSR count). The second-order valence-corrected chi connectivity index (χ2v) is 4.47. The Morgan fingerprint density at radius 1 is 1.23 bits per heavy atom. The van der Waals surface area contributed by atoms with Crippen LogP contribution >= 0.6 is 0 Å². The number of hydrogen-bond acceptors (Lipinski definition) is 1. The van der Waals surface area contributed by atoms with Crippen LogP contribution in [0.5, 0.6) is 0 Å². The summed E-state index contributed by atoms with van der Waals surface area (Å²) >= 11 is 0. The van der Waals surface area contributed by atoms with Crippen LogP contribution in [0.25, 0.3) is 0 Å². The van der Waals surface area contributed by atoms with Crippen molar-refractivity contribution >= 4 is 0 Å². The summed E-state index contributed by atoms with van der Waals surface area (Å²) in [5, 5.41) is 3.48. The van der Waals surface area contributed by atoms with E-state index in [2.05, 4.69) is 43.4 Å². The second kappa shape index (κ2) is 3.15. The number of fused-ring (bicyclic) bond motifs is 1. The Kier molecular flexibility index (Phi) is 2.12. The summed E-state index contributed by atoms with van der Waals surface area (Å²) in [5.41, 5.74) is 3.31. The predicted octanol–water partition coefficient (Wildman–Crippen LogP) is 2.11. The van der Waals surface area contributed by atoms with E-state index in [1.807, 2.05) is 0 Å². The van der Waals surface area contributed by atoms with E-state index in [1.54, 1.807) is 0 Å². The summed E-state index contributed by atoms with van der Waals surface area (Å²) in [5.74, 6) is 0. The molecular weight excluding hydrogens is 158 g/mol. The maximum atomic E-state index is 3.48. The van der Waals surface area contributed by atoms with Crippen LogP contribution in [0.2, 0.25) is 0 Å². The van der Waals surface area contributed by atoms with Gasteiger partial charge in [-0.15, -0.1) is 0 Å². The van der Waals surface area contributed by atoms with Gasteiger partial charge in [-0.05, 0) is 24.1 Å². The Bertz CT molecular complexity index is 302. The molecule has 0 unspecified atom stereocenters. The molecule has 13 heavy (non-hydrogen) atoms. The fourth-order valence-electron chi connectivity index (χ4n) is 2.12. The molecule has 1 N–H and O–H groups in total. The zero-order valence-electron chi connectivity index (χ0n) is 8.43. The minimum absolute atomic E-state index is 0.285. The number of benzene rings is 1. The minimum Gasteiger partial charge on any atom is -0.316 e. The average molecular weight is 175 g/mol. The van der Waals surface area contributed by atoms with Crippen LogP contribution in [-0.4, -0.2) is 13.1 Å². The number of nitrogens with one attached hydrogen (secondary N) is 1. The minimum atomic E-state index is 0.285. The van der Waals surface area contributed by atoms with Crippen molar-refractivity contribution in [3.05, 3.63) is 35.4 Å². The lowest BCUT2D eigenvalue weighted by Gasteiger charge is -2.25. The van der Waals surface area contributed by atoms with E-state index < -0.39 is 0 Å². The summed E-state index contributed by atoms with van der Waals surface area (Å²) in [4.78, 5) is 0. The van der Waals surface area contributed by atoms with E-state index in [0.717, 1.165) is 13.1 Å². The van der Waals surface area contributed by atoms with Gasteiger partial charge in [0.05, 0.1) is 0 Å². The van der Waals surface area contributed by atoms with Crippen molar-refractivity contribution in [3.63, 3.8) is 0 Å². The van der Waals surface area contributed by atoms with Crippen LogP contribution in [0.15, 0.2) is 24.3 Å². The van der Waals surface area contributed by atoms with E-state index in [1.165, 1.54) is 17.5 Å². The Hall–Kier alpha value is -0.820. The Morgan fingerprint density at radius 2 is 2.00 bits per heavy atom. The maximum absolute atomic E-state index is 3.48. The molecule has 1 heterocycles. The van der Waals surface area contributed by atoms with E-state index >= 15 is 0 Å². The van der Waals surface area contributed by atoms with Crippen LogP contribution in [-0.2, 0) is 11.8 Å². The van der Waals surface area contributed by atoms with Crippen molar-refractivity contribution in [2.75, 3.05) is 13.1 Å². The molecule has 0 radical (unpaired) electrons. The van der Waals surface area contributed by atoms with Gasteiger partial charge < -0.3 is 5.32 Å². The predicted molar refractivity (Wildman–Crippen MR) is 56.0 cm³/mol. The highest BCUT2D eigenvalue weighted by molar-refractivity contribution is 5.34. The van der Waals surface area contributed by atoms with Gasteiger partial charge in [-0.25, -0.2) is 0 Å². The Balaban J connectivity index is 2.48. The van der Waals surface area contributed by atoms with Gasteiger partial charge in [-0.2, -0.15) is 0 Å². The van der Waals surface area contributed by atoms with Gasteiger partial charge >= 0.3 is 0 Å². The molecule has 0 bridgehead atoms. The molecule has 0 saturated carbocycles. The number of rotatable bonds is 0. The van der Waals surface area contributed by atoms with Crippen LogP contribution < -0.4 is 5.32 Å². The van der Waals surface area contributed by atoms with Gasteiger partial charge in [0.25, 0.3) is 0 Å². The van der Waals surface area contributed by atoms with Crippen LogP contribution in [0.1, 0.15) is 25.0 Å². The highest BCUT2D eigenvalue weighted by Crippen LogP contribution is 2.27. The van der Waals surface area contributed by atoms with Crippen molar-refractivity contribution in [2.24, 2.45) is 0 Å². The molecular formula is C12H17N. The first-order chi connectivity index (χ1) is 6.20. The zero-order valence-corrected chi connectivity index (χ0v) is 8.43. The SMILES string of the molecule is CC1(C)CNCCc2ccccc21. The molecule has 0 aromatic heterocycles. The van der Waals surface area contributed by atoms with Gasteiger partial charge in [-0.3, -0.25) is 0 Å². The quantitative estimate of drug-likeness (QED) is 0.637. The van der Waals surface area contributed by atoms with Crippen molar-refractivity contribution in [3.8, 4) is 0 Å². The summed E-state index contributed by atoms with van der Waals surface area (Å²) in [6, 6.07) is 8.80. The highest BCUT2D eigenvalue weighted by Gasteiger charge is 2.24. The first kappa shape index (κ1) is 8.76. The molecule has 0 atom stereocenters. The standard InChI is InChI=1S/C12H17N/c1-12(2)9-13-8-7-10-5-3-4-6-11(10)12/h3-6,13H,7-9H2,1-2H3. The molecule has 0 spiro atoms. The van der Waals surface area contributed by atoms with Gasteiger partial charge in [0.15, 0.2) is 0 Å². The van der Waals surface area contributed by atoms with Crippen LogP contribution in [0.3, 0.4) is 0 Å². The van der Waals surface area contributed by atoms with Crippen LogP contribution in [0, 0.1) is 0 Å². The zero-order chi connectivity index (χ0) is 9.31. The van der Waals surface area contributed by atoms with Crippen molar-refractivity contribution in [1.29, 1.82) is 0 Å². The Morgan fingerprint density at radius 3 is 2.85 bits per heavy atom. The molecule has 1 heteroatoms. The normalized spacial score (nSPS) is 20.5. The molecule has 0 amide bonds. The molecule has 1 aromatic rings. The highest BCUT2D eigenvalue weighted by atomic mass is 14.9. The third kappa shape index (κ3) is 1.61. The van der Waals surface area contributed by atoms with Gasteiger partial charge in [0.2, 0.25) is 0 Å². The molecule has 0 aliphatic carbocycles. The van der Waals surface area contributed by atoms with Crippen molar-refractivity contribution in [2.45, 2.75) is 25.7 Å². The van der Waals surface area contributed by atoms with E-state index in [-0.39, 0.29) is 5.41 Å². The van der Waals surface area contributed by atoms with Gasteiger partial charge in [0, 0.05) is 12.0 Å². The lowest BCUT2D eigenvalue weighted by Crippen LogP contribution is -2.31. The second-order valence-electron chi connectivity index (χ2n) is 4.47. The molecule has 1 aromatic carbocycles. The first-order valence-corrected chi connectivity index (χ1v) is 4.99. The largest absolute Gasteiger partial charge is 0.316 e. The molecule has 1 aliphatic rings. The summed E-state index contributed by atoms with van der Waals surface area (Å²) in [6.07, 6.45) is 1.17. The van der Waals surface area contributed by atoms with Crippen LogP contribution in [0.4, 0.5) is 0 Å². The fourth-order valence-corrected chi connectivity index (χ4v) is 2.12. The summed E-state index contributed by atoms with van der Waals surface area (Å²) in [6.45, 7) is 6.82. The first-order valence-electron chi connectivity index (χ1n) is 4.99. The molecule has 1 nitrogen and oxygen atoms in total. The van der Waals surface area contributed by atoms with E-state index in [0.29, 0.717) is 0 Å². The molecule has 0 saturated heterocycles.